The number of aromatic nitrogens is 2. The lowest BCUT2D eigenvalue weighted by Gasteiger charge is -2.23. The molecule has 9 heteroatoms. The molecule has 0 radical (unpaired) electrons. The highest BCUT2D eigenvalue weighted by Gasteiger charge is 2.26. The first-order valence-corrected chi connectivity index (χ1v) is 12.7. The maximum Gasteiger partial charge on any atom is 0.318 e. The van der Waals surface area contributed by atoms with Crippen LogP contribution >= 0.6 is 0 Å². The van der Waals surface area contributed by atoms with Crippen LogP contribution in [-0.4, -0.2) is 35.4 Å². The number of nitrogens with zero attached hydrogens (tertiary/aromatic N) is 3. The summed E-state index contributed by atoms with van der Waals surface area (Å²) in [6, 6.07) is 10.8. The Bertz CT molecular complexity index is 1170. The second kappa shape index (κ2) is 10.7. The minimum absolute atomic E-state index is 0.0292. The Morgan fingerprint density at radius 2 is 2.00 bits per heavy atom. The number of imidazole rings is 1. The van der Waals surface area contributed by atoms with E-state index in [0.29, 0.717) is 24.5 Å². The average Bonchev–Trinajstić information content (AvgIpc) is 3.37. The number of carbonyl (C=O) groups excluding carboxylic acids is 1. The van der Waals surface area contributed by atoms with Gasteiger partial charge in [-0.25, -0.2) is 18.2 Å². The molecule has 8 nitrogen and oxygen atoms in total. The molecule has 2 heterocycles. The smallest absolute Gasteiger partial charge is 0.318 e. The van der Waals surface area contributed by atoms with Crippen molar-refractivity contribution in [2.24, 2.45) is 5.92 Å². The SMILES string of the molecule is CCNC(=O)N(Cc1ccco1)Cc1cnc(S(=O)(=O)Cc2cccc(C)c2)n1CC(C)C. The van der Waals surface area contributed by atoms with Crippen molar-refractivity contribution in [3.05, 3.63) is 71.4 Å². The molecule has 0 fully saturated rings. The third kappa shape index (κ3) is 6.47. The second-order valence-electron chi connectivity index (χ2n) is 8.56. The van der Waals surface area contributed by atoms with Crippen LogP contribution in [0.3, 0.4) is 0 Å². The number of benzene rings is 1. The van der Waals surface area contributed by atoms with Gasteiger partial charge in [-0.3, -0.25) is 0 Å². The number of carbonyl (C=O) groups is 1. The Kier molecular flexibility index (Phi) is 7.97. The summed E-state index contributed by atoms with van der Waals surface area (Å²) < 4.78 is 33.8. The van der Waals surface area contributed by atoms with E-state index in [1.165, 1.54) is 0 Å². The first-order chi connectivity index (χ1) is 15.7. The Balaban J connectivity index is 1.93. The normalized spacial score (nSPS) is 11.7. The highest BCUT2D eigenvalue weighted by Crippen LogP contribution is 2.21. The highest BCUT2D eigenvalue weighted by atomic mass is 32.2. The first kappa shape index (κ1) is 24.6. The number of hydrogen-bond acceptors (Lipinski definition) is 5. The van der Waals surface area contributed by atoms with E-state index >= 15 is 0 Å². The van der Waals surface area contributed by atoms with E-state index < -0.39 is 9.84 Å². The summed E-state index contributed by atoms with van der Waals surface area (Å²) in [6.45, 7) is 9.24. The molecule has 1 N–H and O–H groups in total. The fourth-order valence-electron chi connectivity index (χ4n) is 3.66. The van der Waals surface area contributed by atoms with Gasteiger partial charge in [-0.2, -0.15) is 0 Å². The molecule has 0 atom stereocenters. The van der Waals surface area contributed by atoms with Gasteiger partial charge in [0, 0.05) is 13.1 Å². The maximum atomic E-state index is 13.3. The Morgan fingerprint density at radius 1 is 1.21 bits per heavy atom. The van der Waals surface area contributed by atoms with E-state index in [9.17, 15) is 13.2 Å². The monoisotopic (exact) mass is 472 g/mol. The number of urea groups is 1. The molecule has 3 rings (SSSR count). The van der Waals surface area contributed by atoms with Crippen LogP contribution in [0.5, 0.6) is 0 Å². The third-order valence-corrected chi connectivity index (χ3v) is 6.66. The zero-order valence-corrected chi connectivity index (χ0v) is 20.4. The molecule has 33 heavy (non-hydrogen) atoms. The molecule has 0 saturated heterocycles. The second-order valence-corrected chi connectivity index (χ2v) is 10.4. The Morgan fingerprint density at radius 3 is 2.64 bits per heavy atom. The van der Waals surface area contributed by atoms with Gasteiger partial charge in [-0.1, -0.05) is 43.7 Å². The van der Waals surface area contributed by atoms with E-state index in [1.54, 1.807) is 40.1 Å². The standard InChI is InChI=1S/C24H32N4O4S/c1-5-25-23(29)27(16-22-10-7-11-32-22)15-21-13-26-24(28(21)14-18(2)3)33(30,31)17-20-9-6-8-19(4)12-20/h6-13,18H,5,14-17H2,1-4H3,(H,25,29). The lowest BCUT2D eigenvalue weighted by molar-refractivity contribution is 0.186. The summed E-state index contributed by atoms with van der Waals surface area (Å²) in [6.07, 6.45) is 3.12. The summed E-state index contributed by atoms with van der Waals surface area (Å²) in [5, 5.41) is 2.84. The molecular weight excluding hydrogens is 440 g/mol. The van der Waals surface area contributed by atoms with Gasteiger partial charge in [-0.15, -0.1) is 0 Å². The fraction of sp³-hybridized carbons (Fsp3) is 0.417. The van der Waals surface area contributed by atoms with Crippen LogP contribution < -0.4 is 5.32 Å². The summed E-state index contributed by atoms with van der Waals surface area (Å²) in [5.74, 6) is 0.702. The predicted octanol–water partition coefficient (Wildman–Crippen LogP) is 4.15. The van der Waals surface area contributed by atoms with Crippen molar-refractivity contribution in [1.82, 2.24) is 19.8 Å². The molecule has 0 bridgehead atoms. The maximum absolute atomic E-state index is 13.3. The number of furan rings is 1. The molecule has 0 spiro atoms. The Hall–Kier alpha value is -3.07. The summed E-state index contributed by atoms with van der Waals surface area (Å²) in [5.41, 5.74) is 2.38. The van der Waals surface area contributed by atoms with Crippen LogP contribution in [-0.2, 0) is 35.2 Å². The van der Waals surface area contributed by atoms with Crippen molar-refractivity contribution in [2.75, 3.05) is 6.54 Å². The number of nitrogens with one attached hydrogen (secondary N) is 1. The van der Waals surface area contributed by atoms with E-state index in [4.69, 9.17) is 4.42 Å². The van der Waals surface area contributed by atoms with Gasteiger partial charge in [0.15, 0.2) is 0 Å². The molecular formula is C24H32N4O4S. The van der Waals surface area contributed by atoms with Crippen molar-refractivity contribution < 1.29 is 17.6 Å². The largest absolute Gasteiger partial charge is 0.467 e. The minimum atomic E-state index is -3.69. The number of rotatable bonds is 10. The number of hydrogen-bond donors (Lipinski definition) is 1. The summed E-state index contributed by atoms with van der Waals surface area (Å²) in [7, 11) is -3.69. The quantitative estimate of drug-likeness (QED) is 0.478. The van der Waals surface area contributed by atoms with Gasteiger partial charge in [0.25, 0.3) is 0 Å². The van der Waals surface area contributed by atoms with Crippen LogP contribution in [0.4, 0.5) is 4.79 Å². The van der Waals surface area contributed by atoms with Crippen LogP contribution in [0.15, 0.2) is 58.4 Å². The number of aryl methyl sites for hydroxylation is 1. The molecule has 0 aliphatic heterocycles. The van der Waals surface area contributed by atoms with E-state index in [0.717, 1.165) is 11.1 Å². The van der Waals surface area contributed by atoms with Crippen LogP contribution in [0.1, 0.15) is 43.4 Å². The van der Waals surface area contributed by atoms with Crippen molar-refractivity contribution in [3.8, 4) is 0 Å². The number of amides is 2. The topological polar surface area (TPSA) is 97.4 Å². The predicted molar refractivity (Wildman–Crippen MR) is 126 cm³/mol. The molecule has 2 amide bonds. The van der Waals surface area contributed by atoms with E-state index in [1.807, 2.05) is 45.9 Å². The molecule has 1 aromatic carbocycles. The van der Waals surface area contributed by atoms with Gasteiger partial charge in [0.05, 0.1) is 37.0 Å². The molecule has 3 aromatic rings. The lowest BCUT2D eigenvalue weighted by atomic mass is 10.2. The van der Waals surface area contributed by atoms with Crippen LogP contribution in [0.25, 0.3) is 0 Å². The van der Waals surface area contributed by atoms with E-state index in [2.05, 4.69) is 10.3 Å². The molecule has 0 unspecified atom stereocenters. The highest BCUT2D eigenvalue weighted by molar-refractivity contribution is 7.90. The number of sulfone groups is 1. The summed E-state index contributed by atoms with van der Waals surface area (Å²) in [4.78, 5) is 18.6. The average molecular weight is 473 g/mol. The molecule has 178 valence electrons. The zero-order chi connectivity index (χ0) is 24.0. The molecule has 2 aromatic heterocycles. The van der Waals surface area contributed by atoms with E-state index in [-0.39, 0.29) is 35.9 Å². The fourth-order valence-corrected chi connectivity index (χ4v) is 5.15. The van der Waals surface area contributed by atoms with Gasteiger partial charge in [0.1, 0.15) is 5.76 Å². The Labute approximate surface area is 195 Å². The van der Waals surface area contributed by atoms with Gasteiger partial charge < -0.3 is 19.2 Å². The minimum Gasteiger partial charge on any atom is -0.467 e. The van der Waals surface area contributed by atoms with Gasteiger partial charge in [-0.05, 0) is 37.5 Å². The third-order valence-electron chi connectivity index (χ3n) is 5.06. The first-order valence-electron chi connectivity index (χ1n) is 11.1. The molecule has 0 saturated carbocycles. The van der Waals surface area contributed by atoms with Crippen LogP contribution in [0.2, 0.25) is 0 Å². The van der Waals surface area contributed by atoms with Crippen LogP contribution in [0, 0.1) is 12.8 Å². The summed E-state index contributed by atoms with van der Waals surface area (Å²) >= 11 is 0. The lowest BCUT2D eigenvalue weighted by Crippen LogP contribution is -2.39. The van der Waals surface area contributed by atoms with Crippen molar-refractivity contribution in [3.63, 3.8) is 0 Å². The van der Waals surface area contributed by atoms with Gasteiger partial charge in [0.2, 0.25) is 15.0 Å². The van der Waals surface area contributed by atoms with Crippen molar-refractivity contribution >= 4 is 15.9 Å². The molecule has 0 aliphatic rings. The zero-order valence-electron chi connectivity index (χ0n) is 19.6. The van der Waals surface area contributed by atoms with Crippen molar-refractivity contribution in [1.29, 1.82) is 0 Å². The van der Waals surface area contributed by atoms with Crippen molar-refractivity contribution in [2.45, 2.75) is 58.2 Å². The van der Waals surface area contributed by atoms with Gasteiger partial charge >= 0.3 is 6.03 Å². The molecule has 0 aliphatic carbocycles.